The molecular weight excluding hydrogens is 276 g/mol. The van der Waals surface area contributed by atoms with Crippen LogP contribution in [0.2, 0.25) is 0 Å². The van der Waals surface area contributed by atoms with Crippen LogP contribution >= 0.6 is 0 Å². The fraction of sp³-hybridized carbons (Fsp3) is 0.571. The SMILES string of the molecule is O=[N+]([O-])CCCCc1ccc(O)c(CCCC[N+](=O)[O-])c1. The van der Waals surface area contributed by atoms with Gasteiger partial charge in [0.05, 0.1) is 0 Å². The average molecular weight is 296 g/mol. The number of nitrogens with zero attached hydrogens (tertiary/aromatic N) is 2. The van der Waals surface area contributed by atoms with Crippen LogP contribution in [0.4, 0.5) is 0 Å². The molecule has 7 heteroatoms. The van der Waals surface area contributed by atoms with E-state index in [2.05, 4.69) is 0 Å². The lowest BCUT2D eigenvalue weighted by molar-refractivity contribution is -0.480. The van der Waals surface area contributed by atoms with Crippen molar-refractivity contribution in [3.8, 4) is 5.75 Å². The van der Waals surface area contributed by atoms with Crippen LogP contribution < -0.4 is 0 Å². The molecule has 1 N–H and O–H groups in total. The van der Waals surface area contributed by atoms with Gasteiger partial charge in [0.25, 0.3) is 0 Å². The Hall–Kier alpha value is -2.18. The third-order valence-corrected chi connectivity index (χ3v) is 3.24. The van der Waals surface area contributed by atoms with Crippen molar-refractivity contribution in [2.75, 3.05) is 13.1 Å². The normalized spacial score (nSPS) is 10.5. The monoisotopic (exact) mass is 296 g/mol. The molecule has 1 aromatic carbocycles. The molecule has 0 spiro atoms. The highest BCUT2D eigenvalue weighted by Gasteiger charge is 2.05. The van der Waals surface area contributed by atoms with Crippen LogP contribution in [0.25, 0.3) is 0 Å². The largest absolute Gasteiger partial charge is 0.508 e. The standard InChI is InChI=1S/C14H20N2O5/c17-14-8-7-12(5-1-3-9-15(18)19)11-13(14)6-2-4-10-16(20)21/h7-8,11,17H,1-6,9-10H2. The molecule has 0 saturated heterocycles. The minimum atomic E-state index is -0.342. The minimum absolute atomic E-state index is 0.0220. The Balaban J connectivity index is 2.43. The molecular formula is C14H20N2O5. The quantitative estimate of drug-likeness (QED) is 0.405. The second-order valence-corrected chi connectivity index (χ2v) is 4.99. The van der Waals surface area contributed by atoms with E-state index in [1.807, 2.05) is 12.1 Å². The Bertz CT molecular complexity index is 490. The van der Waals surface area contributed by atoms with Crippen molar-refractivity contribution in [3.05, 3.63) is 49.6 Å². The summed E-state index contributed by atoms with van der Waals surface area (Å²) in [6.07, 6.45) is 3.73. The van der Waals surface area contributed by atoms with Crippen LogP contribution in [0.5, 0.6) is 5.75 Å². The second kappa shape index (κ2) is 8.89. The van der Waals surface area contributed by atoms with Gasteiger partial charge in [-0.15, -0.1) is 0 Å². The second-order valence-electron chi connectivity index (χ2n) is 4.99. The van der Waals surface area contributed by atoms with Crippen LogP contribution in [-0.4, -0.2) is 28.0 Å². The summed E-state index contributed by atoms with van der Waals surface area (Å²) in [4.78, 5) is 19.8. The van der Waals surface area contributed by atoms with E-state index >= 15 is 0 Å². The highest BCUT2D eigenvalue weighted by molar-refractivity contribution is 5.36. The maximum atomic E-state index is 10.2. The molecule has 116 valence electrons. The van der Waals surface area contributed by atoms with Crippen molar-refractivity contribution >= 4 is 0 Å². The van der Waals surface area contributed by atoms with Crippen LogP contribution in [0.1, 0.15) is 36.8 Å². The molecule has 0 aliphatic rings. The van der Waals surface area contributed by atoms with Crippen LogP contribution in [-0.2, 0) is 12.8 Å². The summed E-state index contributed by atoms with van der Waals surface area (Å²) in [6.45, 7) is -0.0762. The molecule has 0 fully saturated rings. The van der Waals surface area contributed by atoms with Gasteiger partial charge in [0, 0.05) is 22.7 Å². The molecule has 0 aliphatic heterocycles. The Morgan fingerprint density at radius 2 is 1.48 bits per heavy atom. The smallest absolute Gasteiger partial charge is 0.203 e. The van der Waals surface area contributed by atoms with Gasteiger partial charge in [0.1, 0.15) is 5.75 Å². The molecule has 1 aromatic rings. The van der Waals surface area contributed by atoms with Crippen LogP contribution in [0.3, 0.4) is 0 Å². The molecule has 0 radical (unpaired) electrons. The van der Waals surface area contributed by atoms with Gasteiger partial charge in [0.2, 0.25) is 13.1 Å². The fourth-order valence-electron chi connectivity index (χ4n) is 2.12. The highest BCUT2D eigenvalue weighted by atomic mass is 16.6. The average Bonchev–Trinajstić information content (AvgIpc) is 2.42. The van der Waals surface area contributed by atoms with Crippen molar-refractivity contribution in [2.45, 2.75) is 38.5 Å². The minimum Gasteiger partial charge on any atom is -0.508 e. The zero-order valence-electron chi connectivity index (χ0n) is 11.9. The van der Waals surface area contributed by atoms with E-state index in [1.165, 1.54) is 0 Å². The lowest BCUT2D eigenvalue weighted by Crippen LogP contribution is -2.02. The number of hydrogen-bond donors (Lipinski definition) is 1. The number of phenols is 1. The van der Waals surface area contributed by atoms with Crippen molar-refractivity contribution in [1.29, 1.82) is 0 Å². The number of nitro groups is 2. The molecule has 0 amide bonds. The maximum absolute atomic E-state index is 10.2. The highest BCUT2D eigenvalue weighted by Crippen LogP contribution is 2.21. The Labute approximate surface area is 122 Å². The van der Waals surface area contributed by atoms with Crippen molar-refractivity contribution < 1.29 is 15.0 Å². The molecule has 7 nitrogen and oxygen atoms in total. The van der Waals surface area contributed by atoms with Crippen LogP contribution in [0, 0.1) is 20.2 Å². The molecule has 0 aliphatic carbocycles. The lowest BCUT2D eigenvalue weighted by atomic mass is 10.0. The first-order valence-corrected chi connectivity index (χ1v) is 7.03. The molecule has 1 rings (SSSR count). The number of hydrogen-bond acceptors (Lipinski definition) is 5. The number of rotatable bonds is 10. The van der Waals surface area contributed by atoms with E-state index in [-0.39, 0.29) is 28.7 Å². The summed E-state index contributed by atoms with van der Waals surface area (Å²) in [7, 11) is 0. The first-order chi connectivity index (χ1) is 9.99. The molecule has 0 aromatic heterocycles. The number of aryl methyl sites for hydroxylation is 2. The van der Waals surface area contributed by atoms with Crippen molar-refractivity contribution in [3.63, 3.8) is 0 Å². The molecule has 0 saturated carbocycles. The number of benzene rings is 1. The number of unbranched alkanes of at least 4 members (excludes halogenated alkanes) is 2. The summed E-state index contributed by atoms with van der Waals surface area (Å²) in [6, 6.07) is 5.31. The number of phenolic OH excluding ortho intramolecular Hbond substituents is 1. The lowest BCUT2D eigenvalue weighted by Gasteiger charge is -2.07. The first kappa shape index (κ1) is 16.9. The molecule has 0 atom stereocenters. The third kappa shape index (κ3) is 7.24. The predicted octanol–water partition coefficient (Wildman–Crippen LogP) is 2.59. The Morgan fingerprint density at radius 3 is 2.05 bits per heavy atom. The molecule has 0 bridgehead atoms. The Morgan fingerprint density at radius 1 is 0.905 bits per heavy atom. The summed E-state index contributed by atoms with van der Waals surface area (Å²) in [5.74, 6) is 0.199. The summed E-state index contributed by atoms with van der Waals surface area (Å²) >= 11 is 0. The molecule has 21 heavy (non-hydrogen) atoms. The van der Waals surface area contributed by atoms with E-state index in [0.29, 0.717) is 25.7 Å². The first-order valence-electron chi connectivity index (χ1n) is 7.03. The van der Waals surface area contributed by atoms with E-state index in [9.17, 15) is 25.3 Å². The zero-order valence-corrected chi connectivity index (χ0v) is 11.9. The van der Waals surface area contributed by atoms with Crippen molar-refractivity contribution in [1.82, 2.24) is 0 Å². The fourth-order valence-corrected chi connectivity index (χ4v) is 2.12. The van der Waals surface area contributed by atoms with Crippen molar-refractivity contribution in [2.24, 2.45) is 0 Å². The maximum Gasteiger partial charge on any atom is 0.203 e. The van der Waals surface area contributed by atoms with Gasteiger partial charge in [-0.2, -0.15) is 0 Å². The van der Waals surface area contributed by atoms with Gasteiger partial charge < -0.3 is 5.11 Å². The van der Waals surface area contributed by atoms with E-state index < -0.39 is 0 Å². The summed E-state index contributed by atoms with van der Waals surface area (Å²) < 4.78 is 0. The topological polar surface area (TPSA) is 107 Å². The molecule has 0 heterocycles. The van der Waals surface area contributed by atoms with Gasteiger partial charge >= 0.3 is 0 Å². The van der Waals surface area contributed by atoms with Crippen LogP contribution in [0.15, 0.2) is 18.2 Å². The summed E-state index contributed by atoms with van der Waals surface area (Å²) in [5.41, 5.74) is 1.81. The van der Waals surface area contributed by atoms with Gasteiger partial charge in [0.15, 0.2) is 0 Å². The number of aromatic hydroxyl groups is 1. The molecule has 0 unspecified atom stereocenters. The van der Waals surface area contributed by atoms with Gasteiger partial charge in [-0.05, 0) is 42.9 Å². The van der Waals surface area contributed by atoms with Gasteiger partial charge in [-0.25, -0.2) is 0 Å². The Kier molecular flexibility index (Phi) is 7.14. The summed E-state index contributed by atoms with van der Waals surface area (Å²) in [5, 5.41) is 30.2. The third-order valence-electron chi connectivity index (χ3n) is 3.24. The van der Waals surface area contributed by atoms with E-state index in [4.69, 9.17) is 0 Å². The predicted molar refractivity (Wildman–Crippen MR) is 77.7 cm³/mol. The van der Waals surface area contributed by atoms with E-state index in [1.54, 1.807) is 6.07 Å². The zero-order chi connectivity index (χ0) is 15.7. The van der Waals surface area contributed by atoms with Gasteiger partial charge in [-0.1, -0.05) is 12.1 Å². The van der Waals surface area contributed by atoms with Gasteiger partial charge in [-0.3, -0.25) is 20.2 Å². The van der Waals surface area contributed by atoms with E-state index in [0.717, 1.165) is 24.0 Å².